The van der Waals surface area contributed by atoms with Crippen molar-refractivity contribution in [3.8, 4) is 0 Å². The number of phosphoric ester groups is 1. The summed E-state index contributed by atoms with van der Waals surface area (Å²) in [6.45, 7) is 4.34. The molecule has 0 saturated carbocycles. The van der Waals surface area contributed by atoms with Crippen molar-refractivity contribution in [1.29, 1.82) is 0 Å². The lowest BCUT2D eigenvalue weighted by atomic mass is 10.0. The summed E-state index contributed by atoms with van der Waals surface area (Å²) in [5.74, 6) is -0.796. The summed E-state index contributed by atoms with van der Waals surface area (Å²) in [6.07, 6.45) is 84.1. The zero-order valence-electron chi connectivity index (χ0n) is 53.5. The number of phosphoric acid groups is 1. The zero-order chi connectivity index (χ0) is 59.1. The van der Waals surface area contributed by atoms with Crippen molar-refractivity contribution in [2.45, 2.75) is 309 Å². The number of carbonyl (C=O) groups is 2. The Balaban J connectivity index is 3.92. The van der Waals surface area contributed by atoms with Gasteiger partial charge in [-0.15, -0.1) is 0 Å². The molecule has 0 spiro atoms. The van der Waals surface area contributed by atoms with Gasteiger partial charge in [0.25, 0.3) is 0 Å². The maximum atomic E-state index is 12.8. The fourth-order valence-electron chi connectivity index (χ4n) is 9.49. The average Bonchev–Trinajstić information content (AvgIpc) is 3.43. The van der Waals surface area contributed by atoms with Gasteiger partial charge in [-0.25, -0.2) is 4.57 Å². The largest absolute Gasteiger partial charge is 0.472 e. The first-order valence-corrected chi connectivity index (χ1v) is 35.3. The van der Waals surface area contributed by atoms with Gasteiger partial charge in [0, 0.05) is 12.8 Å². The minimum Gasteiger partial charge on any atom is -0.462 e. The lowest BCUT2D eigenvalue weighted by Gasteiger charge is -2.24. The summed E-state index contributed by atoms with van der Waals surface area (Å²) in [5.41, 5.74) is 0. The van der Waals surface area contributed by atoms with Crippen LogP contribution >= 0.6 is 7.82 Å². The second kappa shape index (κ2) is 61.7. The highest BCUT2D eigenvalue weighted by Crippen LogP contribution is 2.43. The molecule has 0 heterocycles. The number of nitrogens with zero attached hydrogens (tertiary/aromatic N) is 1. The van der Waals surface area contributed by atoms with Crippen LogP contribution in [0.2, 0.25) is 0 Å². The predicted octanol–water partition coefficient (Wildman–Crippen LogP) is 21.8. The second-order valence-corrected chi connectivity index (χ2v) is 25.3. The van der Waals surface area contributed by atoms with E-state index in [9.17, 15) is 19.0 Å². The van der Waals surface area contributed by atoms with Gasteiger partial charge in [-0.05, 0) is 89.9 Å². The monoisotopic (exact) mass is 1150 g/mol. The summed E-state index contributed by atoms with van der Waals surface area (Å²) in [7, 11) is 1.48. The van der Waals surface area contributed by atoms with Crippen LogP contribution in [0.3, 0.4) is 0 Å². The molecule has 2 unspecified atom stereocenters. The van der Waals surface area contributed by atoms with Gasteiger partial charge < -0.3 is 18.9 Å². The standard InChI is InChI=1S/C71H128NO8P/c1-6-8-10-12-14-16-18-20-22-24-25-26-27-28-29-30-31-32-33-34-35-36-37-38-39-40-41-42-43-44-45-46-47-48-50-52-54-56-58-60-62-64-71(74)80-69(68-79-81(75,76)78-66-65-72(3,4)5)67-77-70(73)63-61-59-57-55-53-51-49-23-21-19-17-15-13-11-9-7-2/h8,10,14,16,20,22-23,25-26,28-29,31-32,49,69H,6-7,9,11-13,15,17-19,21,24,27,30,33-48,50-68H2,1-5H3/p+1/b10-8-,16-14-,22-20-,26-25-,29-28-,32-31-,49-23-. The Bertz CT molecular complexity index is 1640. The Hall–Kier alpha value is -2.81. The van der Waals surface area contributed by atoms with Crippen LogP contribution in [0.5, 0.6) is 0 Å². The predicted molar refractivity (Wildman–Crippen MR) is 349 cm³/mol. The number of esters is 2. The molecule has 0 bridgehead atoms. The van der Waals surface area contributed by atoms with Gasteiger partial charge in [0.05, 0.1) is 27.7 Å². The number of unbranched alkanes of at least 4 members (excludes halogenated alkanes) is 34. The maximum absolute atomic E-state index is 12.8. The van der Waals surface area contributed by atoms with E-state index in [1.807, 2.05) is 21.1 Å². The molecule has 0 aliphatic rings. The van der Waals surface area contributed by atoms with E-state index in [2.05, 4.69) is 98.9 Å². The van der Waals surface area contributed by atoms with Crippen LogP contribution in [0.25, 0.3) is 0 Å². The minimum absolute atomic E-state index is 0.0305. The number of ether oxygens (including phenoxy) is 2. The smallest absolute Gasteiger partial charge is 0.462 e. The van der Waals surface area contributed by atoms with Gasteiger partial charge in [0.15, 0.2) is 6.10 Å². The number of hydrogen-bond acceptors (Lipinski definition) is 7. The first-order chi connectivity index (χ1) is 39.5. The molecule has 470 valence electrons. The molecule has 81 heavy (non-hydrogen) atoms. The quantitative estimate of drug-likeness (QED) is 0.0211. The molecule has 0 rings (SSSR count). The third kappa shape index (κ3) is 66.2. The van der Waals surface area contributed by atoms with Crippen molar-refractivity contribution in [2.75, 3.05) is 47.5 Å². The first kappa shape index (κ1) is 78.2. The van der Waals surface area contributed by atoms with Crippen LogP contribution in [-0.4, -0.2) is 74.9 Å². The Labute approximate surface area is 501 Å². The molecular weight excluding hydrogens is 1030 g/mol. The third-order valence-corrected chi connectivity index (χ3v) is 15.6. The Morgan fingerprint density at radius 3 is 1.06 bits per heavy atom. The first-order valence-electron chi connectivity index (χ1n) is 33.8. The van der Waals surface area contributed by atoms with Crippen LogP contribution in [0.4, 0.5) is 0 Å². The molecule has 1 N–H and O–H groups in total. The van der Waals surface area contributed by atoms with Crippen LogP contribution in [-0.2, 0) is 32.7 Å². The average molecular weight is 1160 g/mol. The summed E-state index contributed by atoms with van der Waals surface area (Å²) < 4.78 is 34.6. The van der Waals surface area contributed by atoms with Crippen LogP contribution in [0.15, 0.2) is 85.1 Å². The normalized spacial score (nSPS) is 13.7. The molecule has 0 aliphatic carbocycles. The molecule has 0 saturated heterocycles. The Kier molecular flexibility index (Phi) is 59.6. The van der Waals surface area contributed by atoms with E-state index in [1.54, 1.807) is 0 Å². The molecule has 0 radical (unpaired) electrons. The van der Waals surface area contributed by atoms with E-state index in [-0.39, 0.29) is 32.0 Å². The highest BCUT2D eigenvalue weighted by atomic mass is 31.2. The van der Waals surface area contributed by atoms with Crippen molar-refractivity contribution in [3.63, 3.8) is 0 Å². The van der Waals surface area contributed by atoms with E-state index in [4.69, 9.17) is 18.5 Å². The number of rotatable bonds is 62. The molecular formula is C71H129NO8P+. The molecule has 0 aromatic heterocycles. The SMILES string of the molecule is CC/C=C\C/C=C\C/C=C\C/C=C\C/C=C\C/C=C\CCCCCCCCCCCCCCCCCCCCCCCCC(=O)OC(COC(=O)CCCCCCC/C=C\CCCCCCCCC)COP(=O)(O)OCC[N+](C)(C)C. The molecule has 2 atom stereocenters. The van der Waals surface area contributed by atoms with Crippen LogP contribution < -0.4 is 0 Å². The second-order valence-electron chi connectivity index (χ2n) is 23.8. The number of carbonyl (C=O) groups excluding carboxylic acids is 2. The van der Waals surface area contributed by atoms with Crippen molar-refractivity contribution >= 4 is 19.8 Å². The van der Waals surface area contributed by atoms with Crippen molar-refractivity contribution in [2.24, 2.45) is 0 Å². The Morgan fingerprint density at radius 2 is 0.704 bits per heavy atom. The molecule has 0 fully saturated rings. The summed E-state index contributed by atoms with van der Waals surface area (Å²) in [5, 5.41) is 0. The van der Waals surface area contributed by atoms with Gasteiger partial charge in [-0.1, -0.05) is 285 Å². The molecule has 10 heteroatoms. The third-order valence-electron chi connectivity index (χ3n) is 14.7. The number of likely N-dealkylation sites (N-methyl/N-ethyl adjacent to an activating group) is 1. The van der Waals surface area contributed by atoms with Crippen LogP contribution in [0, 0.1) is 0 Å². The number of allylic oxidation sites excluding steroid dienone is 14. The van der Waals surface area contributed by atoms with Crippen molar-refractivity contribution in [3.05, 3.63) is 85.1 Å². The number of hydrogen-bond donors (Lipinski definition) is 1. The lowest BCUT2D eigenvalue weighted by Crippen LogP contribution is -2.37. The van der Waals surface area contributed by atoms with Gasteiger partial charge in [-0.2, -0.15) is 0 Å². The van der Waals surface area contributed by atoms with E-state index in [0.717, 1.165) is 89.9 Å². The number of quaternary nitrogens is 1. The van der Waals surface area contributed by atoms with Gasteiger partial charge in [-0.3, -0.25) is 18.6 Å². The van der Waals surface area contributed by atoms with Crippen LogP contribution in [0.1, 0.15) is 303 Å². The van der Waals surface area contributed by atoms with E-state index < -0.39 is 26.5 Å². The fourth-order valence-corrected chi connectivity index (χ4v) is 10.2. The van der Waals surface area contributed by atoms with Crippen molar-refractivity contribution in [1.82, 2.24) is 0 Å². The molecule has 0 aliphatic heterocycles. The maximum Gasteiger partial charge on any atom is 0.472 e. The zero-order valence-corrected chi connectivity index (χ0v) is 54.4. The highest BCUT2D eigenvalue weighted by Gasteiger charge is 2.27. The molecule has 0 aromatic rings. The van der Waals surface area contributed by atoms with E-state index in [0.29, 0.717) is 17.4 Å². The van der Waals surface area contributed by atoms with Crippen molar-refractivity contribution < 1.29 is 42.1 Å². The summed E-state index contributed by atoms with van der Waals surface area (Å²) >= 11 is 0. The van der Waals surface area contributed by atoms with E-state index in [1.165, 1.54) is 180 Å². The lowest BCUT2D eigenvalue weighted by molar-refractivity contribution is -0.870. The fraction of sp³-hybridized carbons (Fsp3) is 0.775. The Morgan fingerprint density at radius 1 is 0.395 bits per heavy atom. The topological polar surface area (TPSA) is 108 Å². The summed E-state index contributed by atoms with van der Waals surface area (Å²) in [4.78, 5) is 35.7. The molecule has 0 aromatic carbocycles. The minimum atomic E-state index is -4.39. The van der Waals surface area contributed by atoms with Gasteiger partial charge >= 0.3 is 19.8 Å². The van der Waals surface area contributed by atoms with Gasteiger partial charge in [0.2, 0.25) is 0 Å². The highest BCUT2D eigenvalue weighted by molar-refractivity contribution is 7.47. The van der Waals surface area contributed by atoms with E-state index >= 15 is 0 Å². The molecule has 9 nitrogen and oxygen atoms in total. The summed E-state index contributed by atoms with van der Waals surface area (Å²) in [6, 6.07) is 0. The van der Waals surface area contributed by atoms with Gasteiger partial charge in [0.1, 0.15) is 19.8 Å². The molecule has 0 amide bonds.